The van der Waals surface area contributed by atoms with Gasteiger partial charge < -0.3 is 9.80 Å². The van der Waals surface area contributed by atoms with Gasteiger partial charge in [0, 0.05) is 20.1 Å². The van der Waals surface area contributed by atoms with Gasteiger partial charge in [0.2, 0.25) is 5.95 Å². The molecule has 4 nitrogen and oxygen atoms in total. The summed E-state index contributed by atoms with van der Waals surface area (Å²) < 4.78 is 0. The molecule has 1 aromatic heterocycles. The molecule has 0 bridgehead atoms. The van der Waals surface area contributed by atoms with E-state index < -0.39 is 0 Å². The van der Waals surface area contributed by atoms with E-state index in [0.717, 1.165) is 25.0 Å². The molecule has 0 aliphatic carbocycles. The van der Waals surface area contributed by atoms with Gasteiger partial charge in [0.05, 0.1) is 17.4 Å². The monoisotopic (exact) mass is 254 g/mol. The topological polar surface area (TPSA) is 32.3 Å². The third kappa shape index (κ3) is 3.30. The smallest absolute Gasteiger partial charge is 0.225 e. The molecule has 0 spiro atoms. The van der Waals surface area contributed by atoms with Crippen molar-refractivity contribution in [3.8, 4) is 0 Å². The molecule has 1 aliphatic heterocycles. The van der Waals surface area contributed by atoms with Crippen LogP contribution in [0.15, 0.2) is 12.4 Å². The van der Waals surface area contributed by atoms with Crippen LogP contribution in [0.25, 0.3) is 0 Å². The van der Waals surface area contributed by atoms with Crippen molar-refractivity contribution < 1.29 is 0 Å². The molecule has 0 saturated carbocycles. The van der Waals surface area contributed by atoms with Gasteiger partial charge in [0.25, 0.3) is 0 Å². The summed E-state index contributed by atoms with van der Waals surface area (Å²) in [6, 6.07) is 0. The molecule has 17 heavy (non-hydrogen) atoms. The lowest BCUT2D eigenvalue weighted by molar-refractivity contribution is 0.343. The second-order valence-corrected chi connectivity index (χ2v) is 5.07. The van der Waals surface area contributed by atoms with E-state index in [1.54, 1.807) is 12.4 Å². The highest BCUT2D eigenvalue weighted by Crippen LogP contribution is 2.18. The number of hydrogen-bond acceptors (Lipinski definition) is 4. The van der Waals surface area contributed by atoms with Crippen molar-refractivity contribution in [2.24, 2.45) is 5.92 Å². The molecule has 5 heteroatoms. The van der Waals surface area contributed by atoms with E-state index in [9.17, 15) is 0 Å². The Balaban J connectivity index is 1.89. The van der Waals surface area contributed by atoms with Crippen LogP contribution < -0.4 is 4.90 Å². The lowest BCUT2D eigenvalue weighted by Crippen LogP contribution is -2.29. The Labute approximate surface area is 108 Å². The zero-order chi connectivity index (χ0) is 12.3. The van der Waals surface area contributed by atoms with Crippen molar-refractivity contribution in [2.45, 2.75) is 13.3 Å². The maximum Gasteiger partial charge on any atom is 0.225 e. The Bertz CT molecular complexity index is 354. The number of hydrogen-bond donors (Lipinski definition) is 0. The van der Waals surface area contributed by atoms with E-state index in [2.05, 4.69) is 26.7 Å². The van der Waals surface area contributed by atoms with Crippen LogP contribution in [0, 0.1) is 5.92 Å². The minimum absolute atomic E-state index is 0.583. The van der Waals surface area contributed by atoms with Gasteiger partial charge in [0.1, 0.15) is 0 Å². The molecule has 0 unspecified atom stereocenters. The molecule has 2 rings (SSSR count). The average molecular weight is 255 g/mol. The van der Waals surface area contributed by atoms with Crippen LogP contribution in [0.2, 0.25) is 5.02 Å². The van der Waals surface area contributed by atoms with Crippen LogP contribution in [-0.2, 0) is 0 Å². The SMILES string of the molecule is CCN1CC[C@@H](CN(C)c2ncc(Cl)cn2)C1. The van der Waals surface area contributed by atoms with Gasteiger partial charge in [-0.05, 0) is 25.4 Å². The van der Waals surface area contributed by atoms with Crippen molar-refractivity contribution >= 4 is 17.5 Å². The van der Waals surface area contributed by atoms with E-state index in [-0.39, 0.29) is 0 Å². The molecule has 0 radical (unpaired) electrons. The molecule has 1 aromatic rings. The summed E-state index contributed by atoms with van der Waals surface area (Å²) in [5.74, 6) is 1.48. The second-order valence-electron chi connectivity index (χ2n) is 4.63. The third-order valence-corrected chi connectivity index (χ3v) is 3.49. The molecule has 0 aromatic carbocycles. The summed E-state index contributed by atoms with van der Waals surface area (Å²) in [5.41, 5.74) is 0. The number of nitrogens with zero attached hydrogens (tertiary/aromatic N) is 4. The minimum Gasteiger partial charge on any atom is -0.344 e. The van der Waals surface area contributed by atoms with Gasteiger partial charge in [-0.25, -0.2) is 9.97 Å². The Morgan fingerprint density at radius 1 is 1.47 bits per heavy atom. The zero-order valence-electron chi connectivity index (χ0n) is 10.4. The highest BCUT2D eigenvalue weighted by atomic mass is 35.5. The van der Waals surface area contributed by atoms with Crippen LogP contribution in [-0.4, -0.2) is 48.1 Å². The first-order valence-electron chi connectivity index (χ1n) is 6.10. The lowest BCUT2D eigenvalue weighted by Gasteiger charge is -2.21. The van der Waals surface area contributed by atoms with Crippen LogP contribution in [0.5, 0.6) is 0 Å². The summed E-state index contributed by atoms with van der Waals surface area (Å²) in [6.07, 6.45) is 4.56. The standard InChI is InChI=1S/C12H19ClN4/c1-3-17-5-4-10(9-17)8-16(2)12-14-6-11(13)7-15-12/h6-7,10H,3-5,8-9H2,1-2H3/t10-/m0/s1. The van der Waals surface area contributed by atoms with Crippen LogP contribution in [0.3, 0.4) is 0 Å². The minimum atomic E-state index is 0.583. The molecule has 0 N–H and O–H groups in total. The molecular formula is C12H19ClN4. The summed E-state index contributed by atoms with van der Waals surface area (Å²) in [6.45, 7) is 6.79. The third-order valence-electron chi connectivity index (χ3n) is 3.30. The number of aromatic nitrogens is 2. The largest absolute Gasteiger partial charge is 0.344 e. The Morgan fingerprint density at radius 2 is 2.18 bits per heavy atom. The van der Waals surface area contributed by atoms with Gasteiger partial charge in [-0.1, -0.05) is 18.5 Å². The summed E-state index contributed by atoms with van der Waals surface area (Å²) in [5, 5.41) is 0.583. The summed E-state index contributed by atoms with van der Waals surface area (Å²) in [7, 11) is 2.04. The van der Waals surface area contributed by atoms with Crippen LogP contribution in [0.1, 0.15) is 13.3 Å². The predicted octanol–water partition coefficient (Wildman–Crippen LogP) is 1.91. The Kier molecular flexibility index (Phi) is 4.18. The highest BCUT2D eigenvalue weighted by Gasteiger charge is 2.22. The van der Waals surface area contributed by atoms with Crippen molar-refractivity contribution in [3.63, 3.8) is 0 Å². The molecule has 2 heterocycles. The Hall–Kier alpha value is -0.870. The van der Waals surface area contributed by atoms with E-state index in [4.69, 9.17) is 11.6 Å². The Morgan fingerprint density at radius 3 is 2.76 bits per heavy atom. The molecule has 0 amide bonds. The van der Waals surface area contributed by atoms with E-state index in [1.165, 1.54) is 19.5 Å². The van der Waals surface area contributed by atoms with Gasteiger partial charge in [-0.3, -0.25) is 0 Å². The van der Waals surface area contributed by atoms with Gasteiger partial charge in [-0.2, -0.15) is 0 Å². The fourth-order valence-electron chi connectivity index (χ4n) is 2.32. The average Bonchev–Trinajstić information content (AvgIpc) is 2.77. The van der Waals surface area contributed by atoms with Gasteiger partial charge in [-0.15, -0.1) is 0 Å². The number of likely N-dealkylation sites (tertiary alicyclic amines) is 1. The first-order chi connectivity index (χ1) is 8.19. The predicted molar refractivity (Wildman–Crippen MR) is 70.5 cm³/mol. The summed E-state index contributed by atoms with van der Waals surface area (Å²) in [4.78, 5) is 13.1. The van der Waals surface area contributed by atoms with E-state index >= 15 is 0 Å². The fourth-order valence-corrected chi connectivity index (χ4v) is 2.42. The molecule has 1 atom stereocenters. The van der Waals surface area contributed by atoms with Crippen molar-refractivity contribution in [1.82, 2.24) is 14.9 Å². The van der Waals surface area contributed by atoms with Crippen molar-refractivity contribution in [3.05, 3.63) is 17.4 Å². The van der Waals surface area contributed by atoms with Gasteiger partial charge in [0.15, 0.2) is 0 Å². The molecular weight excluding hydrogens is 236 g/mol. The number of halogens is 1. The summed E-state index contributed by atoms with van der Waals surface area (Å²) >= 11 is 5.77. The zero-order valence-corrected chi connectivity index (χ0v) is 11.2. The second kappa shape index (κ2) is 5.65. The maximum atomic E-state index is 5.77. The fraction of sp³-hybridized carbons (Fsp3) is 0.667. The quantitative estimate of drug-likeness (QED) is 0.822. The lowest BCUT2D eigenvalue weighted by atomic mass is 10.1. The van der Waals surface area contributed by atoms with E-state index in [0.29, 0.717) is 5.02 Å². The van der Waals surface area contributed by atoms with Gasteiger partial charge >= 0.3 is 0 Å². The molecule has 1 fully saturated rings. The first-order valence-corrected chi connectivity index (χ1v) is 6.48. The molecule has 1 saturated heterocycles. The molecule has 94 valence electrons. The van der Waals surface area contributed by atoms with Crippen molar-refractivity contribution in [1.29, 1.82) is 0 Å². The first kappa shape index (κ1) is 12.6. The molecule has 1 aliphatic rings. The highest BCUT2D eigenvalue weighted by molar-refractivity contribution is 6.30. The van der Waals surface area contributed by atoms with Crippen LogP contribution in [0.4, 0.5) is 5.95 Å². The number of rotatable bonds is 4. The van der Waals surface area contributed by atoms with Crippen molar-refractivity contribution in [2.75, 3.05) is 38.1 Å². The van der Waals surface area contributed by atoms with Crippen LogP contribution >= 0.6 is 11.6 Å². The maximum absolute atomic E-state index is 5.77. The van der Waals surface area contributed by atoms with E-state index in [1.807, 2.05) is 7.05 Å². The number of anilines is 1. The normalized spacial score (nSPS) is 20.8.